The average molecular weight is 377 g/mol. The molecule has 4 atom stereocenters. The number of aromatic nitrogens is 2. The third-order valence-corrected chi connectivity index (χ3v) is 7.67. The fraction of sp³-hybridized carbons (Fsp3) is 0.500. The number of hydrogen-bond acceptors (Lipinski definition) is 3. The number of allylic oxidation sites excluding steroid dienone is 1. The minimum absolute atomic E-state index is 0.220. The number of aromatic hydroxyl groups is 1. The Kier molecular flexibility index (Phi) is 4.01. The summed E-state index contributed by atoms with van der Waals surface area (Å²) in [6.45, 7) is 5.12. The van der Waals surface area contributed by atoms with Gasteiger partial charge in [-0.05, 0) is 91.7 Å². The third kappa shape index (κ3) is 2.57. The quantitative estimate of drug-likeness (QED) is 0.771. The van der Waals surface area contributed by atoms with E-state index < -0.39 is 0 Å². The highest BCUT2D eigenvalue weighted by Gasteiger charge is 2.56. The highest BCUT2D eigenvalue weighted by atomic mass is 16.3. The fourth-order valence-corrected chi connectivity index (χ4v) is 6.20. The number of phenols is 1. The van der Waals surface area contributed by atoms with Crippen LogP contribution in [0.15, 0.2) is 36.2 Å². The summed E-state index contributed by atoms with van der Waals surface area (Å²) < 4.78 is 1.91. The molecular weight excluding hydrogens is 348 g/mol. The molecule has 1 aromatic heterocycles. The van der Waals surface area contributed by atoms with Gasteiger partial charge in [-0.2, -0.15) is 5.10 Å². The van der Waals surface area contributed by atoms with Crippen molar-refractivity contribution < 1.29 is 9.90 Å². The molecule has 0 amide bonds. The molecule has 1 N–H and O–H groups in total. The van der Waals surface area contributed by atoms with Crippen LogP contribution in [-0.4, -0.2) is 20.7 Å². The van der Waals surface area contributed by atoms with Crippen LogP contribution in [0.2, 0.25) is 0 Å². The van der Waals surface area contributed by atoms with E-state index in [0.29, 0.717) is 29.3 Å². The van der Waals surface area contributed by atoms with E-state index >= 15 is 0 Å². The van der Waals surface area contributed by atoms with Gasteiger partial charge in [0.05, 0.1) is 6.20 Å². The van der Waals surface area contributed by atoms with Crippen molar-refractivity contribution in [1.82, 2.24) is 9.78 Å². The summed E-state index contributed by atoms with van der Waals surface area (Å²) in [5, 5.41) is 14.2. The topological polar surface area (TPSA) is 55.1 Å². The molecule has 2 aromatic rings. The number of carbonyl (C=O) groups is 1. The molecule has 4 nitrogen and oxygen atoms in total. The largest absolute Gasteiger partial charge is 0.508 e. The number of ketones is 1. The van der Waals surface area contributed by atoms with E-state index in [0.717, 1.165) is 49.8 Å². The maximum absolute atomic E-state index is 13.4. The summed E-state index contributed by atoms with van der Waals surface area (Å²) in [7, 11) is 0. The Morgan fingerprint density at radius 2 is 2.21 bits per heavy atom. The molecule has 0 spiro atoms. The lowest BCUT2D eigenvalue weighted by atomic mass is 9.55. The molecule has 5 rings (SSSR count). The number of benzene rings is 1. The molecule has 3 aliphatic carbocycles. The molecule has 4 heteroatoms. The smallest absolute Gasteiger partial charge is 0.165 e. The van der Waals surface area contributed by atoms with Gasteiger partial charge < -0.3 is 5.11 Å². The van der Waals surface area contributed by atoms with Crippen LogP contribution in [0.1, 0.15) is 62.1 Å². The van der Waals surface area contributed by atoms with Gasteiger partial charge in [-0.25, -0.2) is 0 Å². The van der Waals surface area contributed by atoms with Crippen LogP contribution in [0, 0.1) is 17.3 Å². The van der Waals surface area contributed by atoms with E-state index in [9.17, 15) is 9.90 Å². The molecular formula is C24H28N2O2. The molecule has 0 aliphatic heterocycles. The molecule has 1 aromatic carbocycles. The number of rotatable bonds is 2. The first-order chi connectivity index (χ1) is 13.5. The van der Waals surface area contributed by atoms with E-state index in [4.69, 9.17) is 0 Å². The van der Waals surface area contributed by atoms with Crippen molar-refractivity contribution in [2.75, 3.05) is 0 Å². The Balaban J connectivity index is 1.47. The number of aryl methyl sites for hydroxylation is 2. The van der Waals surface area contributed by atoms with Crippen molar-refractivity contribution in [3.63, 3.8) is 0 Å². The van der Waals surface area contributed by atoms with Gasteiger partial charge >= 0.3 is 0 Å². The molecule has 4 unspecified atom stereocenters. The summed E-state index contributed by atoms with van der Waals surface area (Å²) in [4.78, 5) is 13.4. The summed E-state index contributed by atoms with van der Waals surface area (Å²) in [6.07, 6.45) is 11.0. The lowest BCUT2D eigenvalue weighted by Crippen LogP contribution is -2.42. The fourth-order valence-electron chi connectivity index (χ4n) is 6.20. The molecule has 146 valence electrons. The minimum atomic E-state index is -0.220. The van der Waals surface area contributed by atoms with Crippen molar-refractivity contribution in [1.29, 1.82) is 0 Å². The Bertz CT molecular complexity index is 973. The predicted molar refractivity (Wildman–Crippen MR) is 109 cm³/mol. The van der Waals surface area contributed by atoms with E-state index in [1.54, 1.807) is 0 Å². The zero-order valence-electron chi connectivity index (χ0n) is 16.7. The number of fused-ring (bicyclic) bond motifs is 5. The second kappa shape index (κ2) is 6.33. The summed E-state index contributed by atoms with van der Waals surface area (Å²) >= 11 is 0. The van der Waals surface area contributed by atoms with Gasteiger partial charge in [0.25, 0.3) is 0 Å². The first-order valence-corrected chi connectivity index (χ1v) is 10.6. The van der Waals surface area contributed by atoms with Gasteiger partial charge in [0, 0.05) is 23.7 Å². The first kappa shape index (κ1) is 17.7. The van der Waals surface area contributed by atoms with Crippen molar-refractivity contribution in [3.8, 4) is 5.75 Å². The van der Waals surface area contributed by atoms with Gasteiger partial charge in [0.15, 0.2) is 5.78 Å². The number of Topliss-reactive ketones (excluding diaryl/α,β-unsaturated/α-hetero) is 1. The Morgan fingerprint density at radius 3 is 3.00 bits per heavy atom. The highest BCUT2D eigenvalue weighted by Crippen LogP contribution is 2.60. The number of hydrogen-bond donors (Lipinski definition) is 1. The molecule has 2 saturated carbocycles. The van der Waals surface area contributed by atoms with Gasteiger partial charge in [-0.3, -0.25) is 9.48 Å². The normalized spacial score (nSPS) is 32.9. The lowest BCUT2D eigenvalue weighted by molar-refractivity contribution is -0.127. The predicted octanol–water partition coefficient (Wildman–Crippen LogP) is 4.73. The summed E-state index contributed by atoms with van der Waals surface area (Å²) in [6, 6.07) is 5.89. The van der Waals surface area contributed by atoms with Crippen molar-refractivity contribution >= 4 is 11.9 Å². The second-order valence-corrected chi connectivity index (χ2v) is 9.09. The molecule has 1 heterocycles. The maximum atomic E-state index is 13.4. The SMILES string of the molecule is CCn1cc(/C=C2\CC3C4CCc5cc(O)ccc5C4CCC3(C)C2=O)cn1. The number of phenolic OH excluding ortho intramolecular Hbond substituents is 1. The Hall–Kier alpha value is -2.36. The van der Waals surface area contributed by atoms with Gasteiger partial charge in [0.2, 0.25) is 0 Å². The van der Waals surface area contributed by atoms with E-state index in [-0.39, 0.29) is 5.41 Å². The standard InChI is InChI=1S/C24H28N2O2/c1-3-26-14-15(13-25-26)10-17-12-22-21-6-4-16-11-18(27)5-7-19(16)20(21)8-9-24(22,2)23(17)28/h5,7,10-11,13-14,20-22,27H,3-4,6,8-9,12H2,1-2H3/b17-10+. The maximum Gasteiger partial charge on any atom is 0.165 e. The molecule has 0 saturated heterocycles. The van der Waals surface area contributed by atoms with Gasteiger partial charge in [0.1, 0.15) is 5.75 Å². The van der Waals surface area contributed by atoms with Crippen LogP contribution in [0.5, 0.6) is 5.75 Å². The van der Waals surface area contributed by atoms with Crippen molar-refractivity contribution in [2.24, 2.45) is 17.3 Å². The van der Waals surface area contributed by atoms with Crippen molar-refractivity contribution in [3.05, 3.63) is 52.9 Å². The number of carbonyl (C=O) groups excluding carboxylic acids is 1. The van der Waals surface area contributed by atoms with Crippen LogP contribution >= 0.6 is 0 Å². The van der Waals surface area contributed by atoms with Gasteiger partial charge in [-0.15, -0.1) is 0 Å². The van der Waals surface area contributed by atoms with E-state index in [1.807, 2.05) is 29.2 Å². The lowest BCUT2D eigenvalue weighted by Gasteiger charge is -2.48. The first-order valence-electron chi connectivity index (χ1n) is 10.6. The Morgan fingerprint density at radius 1 is 1.36 bits per heavy atom. The highest BCUT2D eigenvalue weighted by molar-refractivity contribution is 6.05. The van der Waals surface area contributed by atoms with Crippen LogP contribution in [0.4, 0.5) is 0 Å². The van der Waals surface area contributed by atoms with Crippen LogP contribution in [0.3, 0.4) is 0 Å². The second-order valence-electron chi connectivity index (χ2n) is 9.09. The molecule has 0 radical (unpaired) electrons. The third-order valence-electron chi connectivity index (χ3n) is 7.67. The van der Waals surface area contributed by atoms with Crippen molar-refractivity contribution in [2.45, 2.75) is 58.4 Å². The minimum Gasteiger partial charge on any atom is -0.508 e. The molecule has 2 fully saturated rings. The Labute approximate surface area is 166 Å². The van der Waals surface area contributed by atoms with E-state index in [2.05, 4.69) is 31.1 Å². The summed E-state index contributed by atoms with van der Waals surface area (Å²) in [5.74, 6) is 2.23. The monoisotopic (exact) mass is 376 g/mol. The average Bonchev–Trinajstić information content (AvgIpc) is 3.25. The van der Waals surface area contributed by atoms with Gasteiger partial charge in [-0.1, -0.05) is 13.0 Å². The van der Waals surface area contributed by atoms with Crippen LogP contribution in [0.25, 0.3) is 6.08 Å². The molecule has 28 heavy (non-hydrogen) atoms. The molecule has 3 aliphatic rings. The zero-order chi connectivity index (χ0) is 19.5. The summed E-state index contributed by atoms with van der Waals surface area (Å²) in [5.41, 5.74) is 4.51. The van der Waals surface area contributed by atoms with Crippen LogP contribution in [-0.2, 0) is 17.8 Å². The number of nitrogens with zero attached hydrogens (tertiary/aromatic N) is 2. The van der Waals surface area contributed by atoms with E-state index in [1.165, 1.54) is 11.1 Å². The molecule has 0 bridgehead atoms. The zero-order valence-corrected chi connectivity index (χ0v) is 16.7. The van der Waals surface area contributed by atoms with Crippen LogP contribution < -0.4 is 0 Å².